The second-order valence-electron chi connectivity index (χ2n) is 3.66. The highest BCUT2D eigenvalue weighted by atomic mass is 16.5. The van der Waals surface area contributed by atoms with Crippen LogP contribution in [-0.4, -0.2) is 42.1 Å². The topological polar surface area (TPSA) is 61.8 Å². The van der Waals surface area contributed by atoms with E-state index in [0.29, 0.717) is 0 Å². The monoisotopic (exact) mass is 219 g/mol. The highest BCUT2D eigenvalue weighted by molar-refractivity contribution is 5.88. The van der Waals surface area contributed by atoms with Gasteiger partial charge in [-0.3, -0.25) is 10.9 Å². The number of morpholine rings is 1. The van der Waals surface area contributed by atoms with Gasteiger partial charge in [0.05, 0.1) is 18.9 Å². The van der Waals surface area contributed by atoms with Crippen molar-refractivity contribution in [2.24, 2.45) is 4.99 Å². The minimum Gasteiger partial charge on any atom is -0.378 e. The molecule has 1 aromatic rings. The summed E-state index contributed by atoms with van der Waals surface area (Å²) in [6.45, 7) is 3.21. The Morgan fingerprint density at radius 3 is 3.00 bits per heavy atom. The van der Waals surface area contributed by atoms with Crippen molar-refractivity contribution in [2.45, 2.75) is 0 Å². The third-order valence-electron chi connectivity index (χ3n) is 2.62. The van der Waals surface area contributed by atoms with Crippen LogP contribution in [0, 0.1) is 0 Å². The SMILES string of the molecule is c1cnc2c(c1)NNC(N1CCOCC1)=N2. The predicted octanol–water partition coefficient (Wildman–Crippen LogP) is 0.331. The Morgan fingerprint density at radius 2 is 2.12 bits per heavy atom. The molecule has 0 atom stereocenters. The molecule has 0 aliphatic carbocycles. The van der Waals surface area contributed by atoms with Gasteiger partial charge in [0.25, 0.3) is 0 Å². The van der Waals surface area contributed by atoms with E-state index in [1.54, 1.807) is 6.20 Å². The molecule has 84 valence electrons. The number of aromatic nitrogens is 1. The average Bonchev–Trinajstić information content (AvgIpc) is 2.39. The molecule has 16 heavy (non-hydrogen) atoms. The Morgan fingerprint density at radius 1 is 1.25 bits per heavy atom. The standard InChI is InChI=1S/C10H13N5O/c1-2-8-9(11-3-1)12-10(14-13-8)15-4-6-16-7-5-15/h1-3,13H,4-7H2,(H,11,12,14). The van der Waals surface area contributed by atoms with E-state index in [4.69, 9.17) is 4.74 Å². The summed E-state index contributed by atoms with van der Waals surface area (Å²) < 4.78 is 5.30. The van der Waals surface area contributed by atoms with E-state index in [0.717, 1.165) is 43.8 Å². The third kappa shape index (κ3) is 1.67. The summed E-state index contributed by atoms with van der Waals surface area (Å²) in [5, 5.41) is 0. The first kappa shape index (κ1) is 9.41. The van der Waals surface area contributed by atoms with E-state index in [1.165, 1.54) is 0 Å². The van der Waals surface area contributed by atoms with Crippen molar-refractivity contribution >= 4 is 17.5 Å². The summed E-state index contributed by atoms with van der Waals surface area (Å²) in [5.74, 6) is 1.54. The van der Waals surface area contributed by atoms with Crippen LogP contribution in [0.3, 0.4) is 0 Å². The van der Waals surface area contributed by atoms with Crippen LogP contribution in [0.2, 0.25) is 0 Å². The van der Waals surface area contributed by atoms with E-state index < -0.39 is 0 Å². The molecule has 6 nitrogen and oxygen atoms in total. The Kier molecular flexibility index (Phi) is 2.34. The van der Waals surface area contributed by atoms with Crippen LogP contribution in [0.4, 0.5) is 11.5 Å². The smallest absolute Gasteiger partial charge is 0.219 e. The molecule has 2 aliphatic rings. The van der Waals surface area contributed by atoms with Crippen LogP contribution >= 0.6 is 0 Å². The van der Waals surface area contributed by atoms with Gasteiger partial charge in [0.15, 0.2) is 5.82 Å². The molecule has 0 unspecified atom stereocenters. The quantitative estimate of drug-likeness (QED) is 0.658. The Hall–Kier alpha value is -1.82. The first-order valence-electron chi connectivity index (χ1n) is 5.32. The molecule has 0 saturated carbocycles. The van der Waals surface area contributed by atoms with Gasteiger partial charge in [-0.05, 0) is 12.1 Å². The van der Waals surface area contributed by atoms with Crippen LogP contribution in [0.15, 0.2) is 23.3 Å². The number of nitrogens with zero attached hydrogens (tertiary/aromatic N) is 3. The second kappa shape index (κ2) is 3.97. The van der Waals surface area contributed by atoms with Crippen molar-refractivity contribution in [1.82, 2.24) is 15.3 Å². The van der Waals surface area contributed by atoms with Crippen molar-refractivity contribution < 1.29 is 4.74 Å². The lowest BCUT2D eigenvalue weighted by Gasteiger charge is -2.31. The van der Waals surface area contributed by atoms with E-state index in [2.05, 4.69) is 25.7 Å². The van der Waals surface area contributed by atoms with Crippen molar-refractivity contribution in [1.29, 1.82) is 0 Å². The molecule has 1 aromatic heterocycles. The van der Waals surface area contributed by atoms with Crippen LogP contribution in [0.25, 0.3) is 0 Å². The summed E-state index contributed by atoms with van der Waals surface area (Å²) in [5.41, 5.74) is 7.06. The fourth-order valence-electron chi connectivity index (χ4n) is 1.76. The first-order valence-corrected chi connectivity index (χ1v) is 5.32. The summed E-state index contributed by atoms with van der Waals surface area (Å²) in [6.07, 6.45) is 1.74. The maximum atomic E-state index is 5.30. The Labute approximate surface area is 93.3 Å². The Balaban J connectivity index is 1.85. The van der Waals surface area contributed by atoms with Gasteiger partial charge in [-0.15, -0.1) is 0 Å². The minimum absolute atomic E-state index is 0.725. The summed E-state index contributed by atoms with van der Waals surface area (Å²) in [6, 6.07) is 3.82. The predicted molar refractivity (Wildman–Crippen MR) is 60.5 cm³/mol. The van der Waals surface area contributed by atoms with E-state index >= 15 is 0 Å². The normalized spacial score (nSPS) is 19.2. The zero-order valence-electron chi connectivity index (χ0n) is 8.81. The number of hydrogen-bond acceptors (Lipinski definition) is 6. The van der Waals surface area contributed by atoms with Crippen molar-refractivity contribution in [2.75, 3.05) is 31.7 Å². The molecule has 0 spiro atoms. The van der Waals surface area contributed by atoms with Gasteiger partial charge in [-0.2, -0.15) is 4.99 Å². The number of nitrogens with one attached hydrogen (secondary N) is 2. The molecule has 3 heterocycles. The van der Waals surface area contributed by atoms with Crippen LogP contribution in [0.5, 0.6) is 0 Å². The molecule has 0 aromatic carbocycles. The zero-order valence-corrected chi connectivity index (χ0v) is 8.81. The minimum atomic E-state index is 0.725. The average molecular weight is 219 g/mol. The van der Waals surface area contributed by atoms with Crippen LogP contribution in [0.1, 0.15) is 0 Å². The maximum absolute atomic E-state index is 5.30. The lowest BCUT2D eigenvalue weighted by Crippen LogP contribution is -2.49. The Bertz CT molecular complexity index is 413. The van der Waals surface area contributed by atoms with E-state index in [1.807, 2.05) is 12.1 Å². The number of hydrogen-bond donors (Lipinski definition) is 2. The van der Waals surface area contributed by atoms with Gasteiger partial charge in [0.1, 0.15) is 0 Å². The number of ether oxygens (including phenoxy) is 1. The first-order chi connectivity index (χ1) is 7.93. The third-order valence-corrected chi connectivity index (χ3v) is 2.62. The number of anilines is 1. The number of aliphatic imine (C=N–C) groups is 1. The van der Waals surface area contributed by atoms with E-state index in [-0.39, 0.29) is 0 Å². The largest absolute Gasteiger partial charge is 0.378 e. The molecule has 2 N–H and O–H groups in total. The lowest BCUT2D eigenvalue weighted by molar-refractivity contribution is 0.0667. The molecular formula is C10H13N5O. The molecule has 1 fully saturated rings. The van der Waals surface area contributed by atoms with Gasteiger partial charge in [-0.25, -0.2) is 4.98 Å². The van der Waals surface area contributed by atoms with E-state index in [9.17, 15) is 0 Å². The summed E-state index contributed by atoms with van der Waals surface area (Å²) in [4.78, 5) is 10.8. The van der Waals surface area contributed by atoms with Crippen molar-refractivity contribution in [3.05, 3.63) is 18.3 Å². The molecule has 3 rings (SSSR count). The molecule has 0 bridgehead atoms. The number of pyridine rings is 1. The molecule has 0 amide bonds. The molecule has 6 heteroatoms. The highest BCUT2D eigenvalue weighted by Gasteiger charge is 2.19. The fourth-order valence-corrected chi connectivity index (χ4v) is 1.76. The number of guanidine groups is 1. The van der Waals surface area contributed by atoms with Crippen molar-refractivity contribution in [3.8, 4) is 0 Å². The molecule has 1 saturated heterocycles. The fraction of sp³-hybridized carbons (Fsp3) is 0.400. The van der Waals surface area contributed by atoms with Gasteiger partial charge < -0.3 is 9.64 Å². The second-order valence-corrected chi connectivity index (χ2v) is 3.66. The van der Waals surface area contributed by atoms with Crippen LogP contribution in [-0.2, 0) is 4.74 Å². The zero-order chi connectivity index (χ0) is 10.8. The van der Waals surface area contributed by atoms with Gasteiger partial charge in [0.2, 0.25) is 5.96 Å². The van der Waals surface area contributed by atoms with Gasteiger partial charge in [0, 0.05) is 19.3 Å². The summed E-state index contributed by atoms with van der Waals surface area (Å²) >= 11 is 0. The van der Waals surface area contributed by atoms with Crippen molar-refractivity contribution in [3.63, 3.8) is 0 Å². The van der Waals surface area contributed by atoms with Gasteiger partial charge >= 0.3 is 0 Å². The number of fused-ring (bicyclic) bond motifs is 1. The molecular weight excluding hydrogens is 206 g/mol. The molecule has 2 aliphatic heterocycles. The maximum Gasteiger partial charge on any atom is 0.219 e. The number of rotatable bonds is 0. The van der Waals surface area contributed by atoms with Gasteiger partial charge in [-0.1, -0.05) is 0 Å². The molecule has 0 radical (unpaired) electrons. The number of hydrazine groups is 1. The summed E-state index contributed by atoms with van der Waals surface area (Å²) in [7, 11) is 0. The van der Waals surface area contributed by atoms with Crippen LogP contribution < -0.4 is 10.9 Å². The highest BCUT2D eigenvalue weighted by Crippen LogP contribution is 2.23. The lowest BCUT2D eigenvalue weighted by atomic mass is 10.4.